The van der Waals surface area contributed by atoms with Crippen molar-refractivity contribution in [2.75, 3.05) is 26.2 Å². The Bertz CT molecular complexity index is 611. The number of H-pyrrole nitrogens is 2. The van der Waals surface area contributed by atoms with Crippen LogP contribution in [0.1, 0.15) is 38.2 Å². The Balaban J connectivity index is 2.10. The predicted molar refractivity (Wildman–Crippen MR) is 81.3 cm³/mol. The van der Waals surface area contributed by atoms with Gasteiger partial charge in [-0.3, -0.25) is 19.8 Å². The first-order chi connectivity index (χ1) is 10.1. The van der Waals surface area contributed by atoms with Crippen LogP contribution in [0.4, 0.5) is 0 Å². The zero-order valence-corrected chi connectivity index (χ0v) is 12.3. The molecule has 2 rings (SSSR count). The third-order valence-electron chi connectivity index (χ3n) is 3.71. The molecule has 0 unspecified atom stereocenters. The van der Waals surface area contributed by atoms with E-state index in [9.17, 15) is 14.7 Å². The molecule has 1 aliphatic heterocycles. The first-order valence-corrected chi connectivity index (χ1v) is 7.43. The van der Waals surface area contributed by atoms with Crippen LogP contribution in [0, 0.1) is 0 Å². The minimum absolute atomic E-state index is 0.0655. The second kappa shape index (κ2) is 7.21. The SMILES string of the molecule is CCC(=NCCN1CCCCC1)c1c(O)[nH]c(=O)[nH]c1=O. The molecule has 0 spiro atoms. The van der Waals surface area contributed by atoms with Gasteiger partial charge in [-0.15, -0.1) is 0 Å². The normalized spacial score (nSPS) is 17.1. The Hall–Kier alpha value is -1.89. The van der Waals surface area contributed by atoms with Crippen LogP contribution in [-0.4, -0.2) is 51.9 Å². The van der Waals surface area contributed by atoms with Crippen LogP contribution in [0.25, 0.3) is 0 Å². The van der Waals surface area contributed by atoms with Gasteiger partial charge in [0, 0.05) is 6.54 Å². The van der Waals surface area contributed by atoms with Gasteiger partial charge in [0.2, 0.25) is 5.88 Å². The van der Waals surface area contributed by atoms with E-state index in [2.05, 4.69) is 19.9 Å². The molecule has 3 N–H and O–H groups in total. The van der Waals surface area contributed by atoms with Crippen molar-refractivity contribution in [2.45, 2.75) is 32.6 Å². The van der Waals surface area contributed by atoms with Crippen LogP contribution >= 0.6 is 0 Å². The van der Waals surface area contributed by atoms with E-state index in [1.165, 1.54) is 19.3 Å². The summed E-state index contributed by atoms with van der Waals surface area (Å²) in [6.07, 6.45) is 4.26. The maximum absolute atomic E-state index is 11.8. The highest BCUT2D eigenvalue weighted by Crippen LogP contribution is 2.10. The average molecular weight is 294 g/mol. The molecule has 0 saturated carbocycles. The lowest BCUT2D eigenvalue weighted by Gasteiger charge is -2.25. The highest BCUT2D eigenvalue weighted by molar-refractivity contribution is 6.01. The zero-order valence-electron chi connectivity index (χ0n) is 12.3. The largest absolute Gasteiger partial charge is 0.494 e. The average Bonchev–Trinajstić information content (AvgIpc) is 2.45. The van der Waals surface area contributed by atoms with Gasteiger partial charge >= 0.3 is 5.69 Å². The lowest BCUT2D eigenvalue weighted by atomic mass is 10.1. The molecule has 0 radical (unpaired) electrons. The molecule has 1 aromatic rings. The van der Waals surface area contributed by atoms with Crippen LogP contribution in [0.2, 0.25) is 0 Å². The van der Waals surface area contributed by atoms with Crippen molar-refractivity contribution in [3.05, 3.63) is 26.4 Å². The molecule has 116 valence electrons. The van der Waals surface area contributed by atoms with Crippen LogP contribution in [-0.2, 0) is 0 Å². The fraction of sp³-hybridized carbons (Fsp3) is 0.643. The van der Waals surface area contributed by atoms with E-state index >= 15 is 0 Å². The van der Waals surface area contributed by atoms with E-state index in [1.54, 1.807) is 0 Å². The number of nitrogens with one attached hydrogen (secondary N) is 2. The minimum Gasteiger partial charge on any atom is -0.494 e. The minimum atomic E-state index is -0.718. The molecule has 2 heterocycles. The molecule has 1 fully saturated rings. The molecule has 1 aliphatic rings. The van der Waals surface area contributed by atoms with Crippen LogP contribution in [0.15, 0.2) is 14.6 Å². The first-order valence-electron chi connectivity index (χ1n) is 7.43. The third-order valence-corrected chi connectivity index (χ3v) is 3.71. The smallest absolute Gasteiger partial charge is 0.328 e. The van der Waals surface area contributed by atoms with Crippen molar-refractivity contribution < 1.29 is 5.11 Å². The van der Waals surface area contributed by atoms with Gasteiger partial charge in [0.15, 0.2) is 0 Å². The Labute approximate surface area is 122 Å². The van der Waals surface area contributed by atoms with Gasteiger partial charge in [-0.05, 0) is 32.4 Å². The molecule has 1 aromatic heterocycles. The molecule has 21 heavy (non-hydrogen) atoms. The maximum Gasteiger partial charge on any atom is 0.328 e. The number of piperidine rings is 1. The molecule has 0 aliphatic carbocycles. The monoisotopic (exact) mass is 294 g/mol. The maximum atomic E-state index is 11.8. The molecule has 1 saturated heterocycles. The van der Waals surface area contributed by atoms with Gasteiger partial charge in [-0.25, -0.2) is 4.79 Å². The Morgan fingerprint density at radius 2 is 1.95 bits per heavy atom. The van der Waals surface area contributed by atoms with Gasteiger partial charge < -0.3 is 10.0 Å². The van der Waals surface area contributed by atoms with Crippen molar-refractivity contribution in [2.24, 2.45) is 4.99 Å². The third kappa shape index (κ3) is 4.04. The molecular weight excluding hydrogens is 272 g/mol. The van der Waals surface area contributed by atoms with Gasteiger partial charge in [-0.1, -0.05) is 13.3 Å². The van der Waals surface area contributed by atoms with Gasteiger partial charge in [0.05, 0.1) is 12.3 Å². The number of hydrogen-bond donors (Lipinski definition) is 3. The van der Waals surface area contributed by atoms with E-state index < -0.39 is 17.1 Å². The fourth-order valence-corrected chi connectivity index (χ4v) is 2.62. The summed E-state index contributed by atoms with van der Waals surface area (Å²) in [5.41, 5.74) is -0.738. The highest BCUT2D eigenvalue weighted by atomic mass is 16.3. The number of aromatic hydroxyl groups is 1. The topological polar surface area (TPSA) is 102 Å². The summed E-state index contributed by atoms with van der Waals surface area (Å²) in [5.74, 6) is -0.415. The van der Waals surface area contributed by atoms with Crippen molar-refractivity contribution in [3.63, 3.8) is 0 Å². The molecule has 0 amide bonds. The number of aromatic amines is 2. The second-order valence-electron chi connectivity index (χ2n) is 5.22. The number of aliphatic imine (C=N–C) groups is 1. The summed E-state index contributed by atoms with van der Waals surface area (Å²) in [6.45, 7) is 5.50. The zero-order chi connectivity index (χ0) is 15.2. The fourth-order valence-electron chi connectivity index (χ4n) is 2.62. The molecule has 7 nitrogen and oxygen atoms in total. The Morgan fingerprint density at radius 1 is 1.24 bits per heavy atom. The van der Waals surface area contributed by atoms with E-state index in [1.807, 2.05) is 6.92 Å². The number of hydrogen-bond acceptors (Lipinski definition) is 5. The lowest BCUT2D eigenvalue weighted by molar-refractivity contribution is 0.235. The van der Waals surface area contributed by atoms with E-state index in [4.69, 9.17) is 0 Å². The molecule has 0 atom stereocenters. The summed E-state index contributed by atoms with van der Waals surface area (Å²) in [7, 11) is 0. The summed E-state index contributed by atoms with van der Waals surface area (Å²) in [5, 5.41) is 9.75. The quantitative estimate of drug-likeness (QED) is 0.686. The number of likely N-dealkylation sites (tertiary alicyclic amines) is 1. The first kappa shape index (κ1) is 15.5. The standard InChI is InChI=1S/C14H22N4O3/c1-2-10(11-12(19)16-14(21)17-13(11)20)15-6-9-18-7-4-3-5-8-18/h2-9H2,1H3,(H3,16,17,19,20,21). The number of aromatic nitrogens is 2. The molecular formula is C14H22N4O3. The van der Waals surface area contributed by atoms with Crippen molar-refractivity contribution in [1.82, 2.24) is 14.9 Å². The second-order valence-corrected chi connectivity index (χ2v) is 5.22. The summed E-state index contributed by atoms with van der Waals surface area (Å²) in [6, 6.07) is 0. The molecule has 0 aromatic carbocycles. The Kier molecular flexibility index (Phi) is 5.32. The summed E-state index contributed by atoms with van der Waals surface area (Å²) < 4.78 is 0. The summed E-state index contributed by atoms with van der Waals surface area (Å²) in [4.78, 5) is 34.0. The van der Waals surface area contributed by atoms with Crippen LogP contribution in [0.3, 0.4) is 0 Å². The number of nitrogens with zero attached hydrogens (tertiary/aromatic N) is 2. The molecule has 0 bridgehead atoms. The van der Waals surface area contributed by atoms with Crippen LogP contribution < -0.4 is 11.2 Å². The Morgan fingerprint density at radius 3 is 2.57 bits per heavy atom. The van der Waals surface area contributed by atoms with Gasteiger partial charge in [-0.2, -0.15) is 0 Å². The highest BCUT2D eigenvalue weighted by Gasteiger charge is 2.14. The predicted octanol–water partition coefficient (Wildman–Crippen LogP) is 0.454. The lowest BCUT2D eigenvalue weighted by Crippen LogP contribution is -2.32. The number of rotatable bonds is 5. The van der Waals surface area contributed by atoms with E-state index in [0.29, 0.717) is 18.7 Å². The van der Waals surface area contributed by atoms with Crippen LogP contribution in [0.5, 0.6) is 5.88 Å². The van der Waals surface area contributed by atoms with E-state index in [-0.39, 0.29) is 5.56 Å². The van der Waals surface area contributed by atoms with Crippen molar-refractivity contribution in [3.8, 4) is 5.88 Å². The van der Waals surface area contributed by atoms with Gasteiger partial charge in [0.25, 0.3) is 5.56 Å². The molecule has 7 heteroatoms. The van der Waals surface area contributed by atoms with Crippen molar-refractivity contribution >= 4 is 5.71 Å². The van der Waals surface area contributed by atoms with Gasteiger partial charge in [0.1, 0.15) is 5.56 Å². The summed E-state index contributed by atoms with van der Waals surface area (Å²) >= 11 is 0. The van der Waals surface area contributed by atoms with Crippen molar-refractivity contribution in [1.29, 1.82) is 0 Å². The van der Waals surface area contributed by atoms with E-state index in [0.717, 1.165) is 19.6 Å².